The van der Waals surface area contributed by atoms with Gasteiger partial charge in [-0.05, 0) is 65.3 Å². The van der Waals surface area contributed by atoms with Gasteiger partial charge in [-0.1, -0.05) is 136 Å². The minimum Gasteiger partial charge on any atom is -0.0984 e. The molecule has 0 fully saturated rings. The second-order valence-corrected chi connectivity index (χ2v) is 9.67. The molecule has 0 unspecified atom stereocenters. The zero-order valence-corrected chi connectivity index (χ0v) is 21.3. The van der Waals surface area contributed by atoms with Crippen LogP contribution < -0.4 is 0 Å². The maximum atomic E-state index is 4.32. The van der Waals surface area contributed by atoms with Crippen LogP contribution in [0.25, 0.3) is 11.1 Å². The lowest BCUT2D eigenvalue weighted by Crippen LogP contribution is -2.18. The Morgan fingerprint density at radius 1 is 0.676 bits per heavy atom. The van der Waals surface area contributed by atoms with Gasteiger partial charge in [-0.2, -0.15) is 0 Å². The van der Waals surface area contributed by atoms with E-state index in [2.05, 4.69) is 139 Å². The number of benzene rings is 3. The van der Waals surface area contributed by atoms with Crippen LogP contribution in [0.5, 0.6) is 0 Å². The Morgan fingerprint density at radius 3 is 1.56 bits per heavy atom. The number of hydrogen-bond donors (Lipinski definition) is 0. The summed E-state index contributed by atoms with van der Waals surface area (Å²) in [4.78, 5) is 0. The molecular weight excluding hydrogens is 408 g/mol. The molecule has 0 aromatic heterocycles. The summed E-state index contributed by atoms with van der Waals surface area (Å²) < 4.78 is 0. The van der Waals surface area contributed by atoms with Crippen LogP contribution in [-0.4, -0.2) is 0 Å². The van der Waals surface area contributed by atoms with Crippen molar-refractivity contribution < 1.29 is 0 Å². The molecule has 3 rings (SSSR count). The number of hydrogen-bond acceptors (Lipinski definition) is 0. The Labute approximate surface area is 206 Å². The Bertz CT molecular complexity index is 1240. The second kappa shape index (κ2) is 10.5. The number of aryl methyl sites for hydroxylation is 1. The van der Waals surface area contributed by atoms with Crippen LogP contribution in [-0.2, 0) is 5.41 Å². The smallest absolute Gasteiger partial charge is 0.0146 e. The van der Waals surface area contributed by atoms with Crippen molar-refractivity contribution in [1.82, 2.24) is 0 Å². The molecule has 0 amide bonds. The fourth-order valence-electron chi connectivity index (χ4n) is 3.98. The van der Waals surface area contributed by atoms with Gasteiger partial charge in [-0.3, -0.25) is 0 Å². The van der Waals surface area contributed by atoms with Gasteiger partial charge in [0.25, 0.3) is 0 Å². The van der Waals surface area contributed by atoms with Gasteiger partial charge in [-0.25, -0.2) is 0 Å². The van der Waals surface area contributed by atoms with Gasteiger partial charge in [0.05, 0.1) is 0 Å². The predicted octanol–water partition coefficient (Wildman–Crippen LogP) is 9.47. The van der Waals surface area contributed by atoms with E-state index >= 15 is 0 Å². The Kier molecular flexibility index (Phi) is 7.74. The van der Waals surface area contributed by atoms with Crippen LogP contribution in [0.3, 0.4) is 0 Å². The van der Waals surface area contributed by atoms with Crippen molar-refractivity contribution in [3.63, 3.8) is 0 Å². The largest absolute Gasteiger partial charge is 0.0984 e. The van der Waals surface area contributed by atoms with E-state index in [4.69, 9.17) is 0 Å². The zero-order valence-electron chi connectivity index (χ0n) is 21.3. The molecule has 0 heteroatoms. The summed E-state index contributed by atoms with van der Waals surface area (Å²) in [6.07, 6.45) is 6.04. The molecule has 3 aromatic carbocycles. The second-order valence-electron chi connectivity index (χ2n) is 9.67. The molecule has 0 atom stereocenters. The third-order valence-electron chi connectivity index (χ3n) is 6.47. The molecule has 0 saturated carbocycles. The highest BCUT2D eigenvalue weighted by Gasteiger charge is 2.23. The van der Waals surface area contributed by atoms with Gasteiger partial charge < -0.3 is 0 Å². The van der Waals surface area contributed by atoms with Gasteiger partial charge >= 0.3 is 0 Å². The SMILES string of the molecule is C=C/C(=C\C=C(C)C)C(=C)c1ccc(C(C)(C)c2ccc(C(=C)c3ccc(C)cc3)cc2)cc1. The third-order valence-corrected chi connectivity index (χ3v) is 6.47. The summed E-state index contributed by atoms with van der Waals surface area (Å²) >= 11 is 0. The van der Waals surface area contributed by atoms with Crippen molar-refractivity contribution in [3.8, 4) is 0 Å². The van der Waals surface area contributed by atoms with Crippen molar-refractivity contribution in [2.45, 2.75) is 40.0 Å². The molecule has 0 nitrogen and oxygen atoms in total. The Hall–Kier alpha value is -3.64. The highest BCUT2D eigenvalue weighted by atomic mass is 14.3. The zero-order chi connectivity index (χ0) is 24.9. The van der Waals surface area contributed by atoms with Gasteiger partial charge in [0.2, 0.25) is 0 Å². The van der Waals surface area contributed by atoms with Crippen molar-refractivity contribution >= 4 is 11.1 Å². The maximum Gasteiger partial charge on any atom is 0.0146 e. The van der Waals surface area contributed by atoms with E-state index in [0.29, 0.717) is 0 Å². The summed E-state index contributed by atoms with van der Waals surface area (Å²) in [6.45, 7) is 23.4. The first-order chi connectivity index (χ1) is 16.1. The molecule has 0 aliphatic heterocycles. The van der Waals surface area contributed by atoms with Crippen molar-refractivity contribution in [2.75, 3.05) is 0 Å². The van der Waals surface area contributed by atoms with E-state index in [1.807, 2.05) is 6.08 Å². The molecule has 34 heavy (non-hydrogen) atoms. The molecule has 172 valence electrons. The van der Waals surface area contributed by atoms with Crippen LogP contribution in [0.2, 0.25) is 0 Å². The molecule has 0 bridgehead atoms. The minimum absolute atomic E-state index is 0.122. The summed E-state index contributed by atoms with van der Waals surface area (Å²) in [5, 5.41) is 0. The van der Waals surface area contributed by atoms with Crippen LogP contribution in [0, 0.1) is 6.92 Å². The fourth-order valence-corrected chi connectivity index (χ4v) is 3.98. The topological polar surface area (TPSA) is 0 Å². The third kappa shape index (κ3) is 5.64. The van der Waals surface area contributed by atoms with Crippen LogP contribution in [0.4, 0.5) is 0 Å². The van der Waals surface area contributed by atoms with Gasteiger partial charge in [0.1, 0.15) is 0 Å². The van der Waals surface area contributed by atoms with Crippen LogP contribution in [0.1, 0.15) is 61.1 Å². The summed E-state index contributed by atoms with van der Waals surface area (Å²) in [7, 11) is 0. The molecule has 3 aromatic rings. The summed E-state index contributed by atoms with van der Waals surface area (Å²) in [6, 6.07) is 26.1. The van der Waals surface area contributed by atoms with Gasteiger partial charge in [-0.15, -0.1) is 0 Å². The van der Waals surface area contributed by atoms with E-state index in [1.54, 1.807) is 0 Å². The molecule has 0 radical (unpaired) electrons. The molecule has 0 saturated heterocycles. The van der Waals surface area contributed by atoms with Crippen LogP contribution >= 0.6 is 0 Å². The Balaban J connectivity index is 1.82. The first kappa shape index (κ1) is 25.0. The van der Waals surface area contributed by atoms with Crippen LogP contribution in [0.15, 0.2) is 122 Å². The average molecular weight is 445 g/mol. The normalized spacial score (nSPS) is 11.6. The number of rotatable bonds is 8. The fraction of sp³-hybridized carbons (Fsp3) is 0.176. The lowest BCUT2D eigenvalue weighted by Gasteiger charge is -2.27. The number of allylic oxidation sites excluding steroid dienone is 6. The highest BCUT2D eigenvalue weighted by molar-refractivity contribution is 5.80. The molecule has 0 spiro atoms. The minimum atomic E-state index is -0.122. The van der Waals surface area contributed by atoms with Gasteiger partial charge in [0, 0.05) is 5.41 Å². The van der Waals surface area contributed by atoms with E-state index in [0.717, 1.165) is 33.4 Å². The van der Waals surface area contributed by atoms with E-state index < -0.39 is 0 Å². The standard InChI is InChI=1S/C34H36/c1-9-28(13-10-24(2)3)26(5)30-16-20-32(21-17-30)34(7,8)33-22-18-31(19-23-33)27(6)29-14-11-25(4)12-15-29/h9-23H,1,5-6H2,2-4,7-8H3/b28-13+. The quantitative estimate of drug-likeness (QED) is 0.303. The molecule has 0 N–H and O–H groups in total. The summed E-state index contributed by atoms with van der Waals surface area (Å²) in [5.74, 6) is 0. The van der Waals surface area contributed by atoms with Crippen molar-refractivity contribution in [1.29, 1.82) is 0 Å². The van der Waals surface area contributed by atoms with E-state index in [-0.39, 0.29) is 5.41 Å². The molecule has 0 aliphatic rings. The monoisotopic (exact) mass is 444 g/mol. The predicted molar refractivity (Wildman–Crippen MR) is 151 cm³/mol. The van der Waals surface area contributed by atoms with Crippen molar-refractivity contribution in [3.05, 3.63) is 155 Å². The maximum absolute atomic E-state index is 4.32. The lowest BCUT2D eigenvalue weighted by atomic mass is 9.77. The first-order valence-electron chi connectivity index (χ1n) is 11.8. The van der Waals surface area contributed by atoms with Gasteiger partial charge in [0.15, 0.2) is 0 Å². The van der Waals surface area contributed by atoms with E-state index in [1.165, 1.54) is 22.3 Å². The molecule has 0 aliphatic carbocycles. The molecule has 0 heterocycles. The average Bonchev–Trinajstić information content (AvgIpc) is 2.84. The molecular formula is C34H36. The highest BCUT2D eigenvalue weighted by Crippen LogP contribution is 2.34. The first-order valence-corrected chi connectivity index (χ1v) is 11.8. The lowest BCUT2D eigenvalue weighted by molar-refractivity contribution is 0.641. The van der Waals surface area contributed by atoms with Crippen molar-refractivity contribution in [2.24, 2.45) is 0 Å². The summed E-state index contributed by atoms with van der Waals surface area (Å²) in [5.41, 5.74) is 11.4. The van der Waals surface area contributed by atoms with E-state index in [9.17, 15) is 0 Å². The Morgan fingerprint density at radius 2 is 1.12 bits per heavy atom.